The van der Waals surface area contributed by atoms with Gasteiger partial charge in [0, 0.05) is 36.6 Å². The average molecular weight is 424 g/mol. The highest BCUT2D eigenvalue weighted by Crippen LogP contribution is 2.35. The fraction of sp³-hybridized carbons (Fsp3) is 0.192. The predicted octanol–water partition coefficient (Wildman–Crippen LogP) is 5.07. The molecular weight excluding hydrogens is 398 g/mol. The van der Waals surface area contributed by atoms with E-state index in [1.54, 1.807) is 12.4 Å². The van der Waals surface area contributed by atoms with Crippen molar-refractivity contribution in [3.63, 3.8) is 0 Å². The first kappa shape index (κ1) is 20.0. The largest absolute Gasteiger partial charge is 0.329 e. The van der Waals surface area contributed by atoms with E-state index in [2.05, 4.69) is 48.3 Å². The number of benzene rings is 2. The number of aromatic nitrogens is 5. The van der Waals surface area contributed by atoms with E-state index >= 15 is 0 Å². The van der Waals surface area contributed by atoms with E-state index in [0.717, 1.165) is 39.1 Å². The van der Waals surface area contributed by atoms with Crippen molar-refractivity contribution >= 4 is 11.0 Å². The molecule has 0 fully saturated rings. The monoisotopic (exact) mass is 423 g/mol. The van der Waals surface area contributed by atoms with Gasteiger partial charge in [0.05, 0.1) is 28.6 Å². The molecule has 0 unspecified atom stereocenters. The van der Waals surface area contributed by atoms with Crippen LogP contribution in [-0.4, -0.2) is 23.9 Å². The Morgan fingerprint density at radius 2 is 1.59 bits per heavy atom. The first-order chi connectivity index (χ1) is 15.6. The average Bonchev–Trinajstić information content (AvgIpc) is 3.37. The van der Waals surface area contributed by atoms with Crippen LogP contribution in [0.4, 0.5) is 0 Å². The number of nitrogens with zero attached hydrogens (tertiary/aromatic N) is 5. The van der Waals surface area contributed by atoms with Gasteiger partial charge in [0.1, 0.15) is 0 Å². The number of aryl methyl sites for hydroxylation is 3. The Balaban J connectivity index is 1.78. The molecule has 0 N–H and O–H groups in total. The molecule has 2 aromatic carbocycles. The smallest absolute Gasteiger partial charge is 0.292 e. The molecule has 0 radical (unpaired) electrons. The van der Waals surface area contributed by atoms with Crippen molar-refractivity contribution in [1.82, 2.24) is 23.9 Å². The number of hydrogen-bond acceptors (Lipinski definition) is 3. The minimum atomic E-state index is 0.0357. The van der Waals surface area contributed by atoms with Crippen LogP contribution in [0.25, 0.3) is 39.1 Å². The van der Waals surface area contributed by atoms with Crippen LogP contribution in [-0.2, 0) is 13.1 Å². The van der Waals surface area contributed by atoms with Crippen molar-refractivity contribution in [3.05, 3.63) is 89.2 Å². The van der Waals surface area contributed by atoms with Gasteiger partial charge >= 0.3 is 5.69 Å². The Morgan fingerprint density at radius 3 is 2.31 bits per heavy atom. The third kappa shape index (κ3) is 3.15. The van der Waals surface area contributed by atoms with Gasteiger partial charge in [-0.05, 0) is 56.7 Å². The van der Waals surface area contributed by atoms with Crippen molar-refractivity contribution in [1.29, 1.82) is 0 Å². The zero-order chi connectivity index (χ0) is 22.2. The molecule has 0 saturated carbocycles. The van der Waals surface area contributed by atoms with Crippen LogP contribution >= 0.6 is 0 Å². The summed E-state index contributed by atoms with van der Waals surface area (Å²) in [5.41, 5.74) is 8.24. The van der Waals surface area contributed by atoms with E-state index in [1.807, 2.05) is 52.1 Å². The summed E-state index contributed by atoms with van der Waals surface area (Å²) in [6.45, 7) is 7.38. The van der Waals surface area contributed by atoms with E-state index in [1.165, 1.54) is 5.56 Å². The fourth-order valence-electron chi connectivity index (χ4n) is 4.41. The molecule has 0 amide bonds. The van der Waals surface area contributed by atoms with Gasteiger partial charge < -0.3 is 0 Å². The summed E-state index contributed by atoms with van der Waals surface area (Å²) in [6.07, 6.45) is 5.46. The van der Waals surface area contributed by atoms with E-state index in [0.29, 0.717) is 13.1 Å². The molecule has 0 saturated heterocycles. The highest BCUT2D eigenvalue weighted by molar-refractivity contribution is 5.88. The molecule has 0 spiro atoms. The van der Waals surface area contributed by atoms with Gasteiger partial charge in [0.2, 0.25) is 0 Å². The quantitative estimate of drug-likeness (QED) is 0.397. The van der Waals surface area contributed by atoms with Gasteiger partial charge in [0.25, 0.3) is 0 Å². The Labute approximate surface area is 186 Å². The first-order valence-corrected chi connectivity index (χ1v) is 10.9. The van der Waals surface area contributed by atoms with Gasteiger partial charge in [-0.2, -0.15) is 5.10 Å². The standard InChI is InChI=1S/C26H25N5O/c1-4-29-23-10-9-19(16-24(23)30(5-2)26(29)32)22-17-28-31(21-11-13-27-14-12-21)25(22)20-8-6-7-18(3)15-20/h6-17H,4-5H2,1-3H3. The van der Waals surface area contributed by atoms with Gasteiger partial charge in [0.15, 0.2) is 0 Å². The summed E-state index contributed by atoms with van der Waals surface area (Å²) in [4.78, 5) is 17.0. The maximum Gasteiger partial charge on any atom is 0.329 e. The molecule has 0 atom stereocenters. The summed E-state index contributed by atoms with van der Waals surface area (Å²) in [7, 11) is 0. The number of fused-ring (bicyclic) bond motifs is 1. The second kappa shape index (κ2) is 7.96. The molecule has 32 heavy (non-hydrogen) atoms. The third-order valence-corrected chi connectivity index (χ3v) is 5.93. The van der Waals surface area contributed by atoms with Crippen LogP contribution < -0.4 is 5.69 Å². The molecule has 5 aromatic rings. The number of imidazole rings is 1. The molecule has 0 bridgehead atoms. The molecule has 6 nitrogen and oxygen atoms in total. The zero-order valence-electron chi connectivity index (χ0n) is 18.5. The van der Waals surface area contributed by atoms with Crippen LogP contribution in [0.2, 0.25) is 0 Å². The van der Waals surface area contributed by atoms with E-state index < -0.39 is 0 Å². The zero-order valence-corrected chi connectivity index (χ0v) is 18.5. The fourth-order valence-corrected chi connectivity index (χ4v) is 4.41. The lowest BCUT2D eigenvalue weighted by molar-refractivity contribution is 0.671. The second-order valence-corrected chi connectivity index (χ2v) is 7.87. The topological polar surface area (TPSA) is 57.6 Å². The lowest BCUT2D eigenvalue weighted by Crippen LogP contribution is -2.22. The van der Waals surface area contributed by atoms with E-state index in [-0.39, 0.29) is 5.69 Å². The lowest BCUT2D eigenvalue weighted by Gasteiger charge is -2.11. The van der Waals surface area contributed by atoms with E-state index in [4.69, 9.17) is 5.10 Å². The summed E-state index contributed by atoms with van der Waals surface area (Å²) in [6, 6.07) is 18.6. The normalized spacial score (nSPS) is 11.3. The van der Waals surface area contributed by atoms with Crippen molar-refractivity contribution in [3.8, 4) is 28.1 Å². The Hall–Kier alpha value is -3.93. The molecule has 5 rings (SSSR count). The van der Waals surface area contributed by atoms with Crippen molar-refractivity contribution < 1.29 is 0 Å². The summed E-state index contributed by atoms with van der Waals surface area (Å²) < 4.78 is 5.62. The van der Waals surface area contributed by atoms with Crippen LogP contribution in [0.15, 0.2) is 78.0 Å². The lowest BCUT2D eigenvalue weighted by atomic mass is 9.99. The minimum absolute atomic E-state index is 0.0357. The Kier molecular flexibility index (Phi) is 4.98. The third-order valence-electron chi connectivity index (χ3n) is 5.93. The van der Waals surface area contributed by atoms with Crippen molar-refractivity contribution in [2.75, 3.05) is 0 Å². The minimum Gasteiger partial charge on any atom is -0.292 e. The Bertz CT molecular complexity index is 1470. The molecule has 0 aliphatic rings. The molecule has 3 heterocycles. The maximum atomic E-state index is 12.8. The number of rotatable bonds is 5. The Morgan fingerprint density at radius 1 is 0.844 bits per heavy atom. The molecule has 6 heteroatoms. The second-order valence-electron chi connectivity index (χ2n) is 7.87. The van der Waals surface area contributed by atoms with Crippen LogP contribution in [0.3, 0.4) is 0 Å². The molecule has 0 aliphatic carbocycles. The van der Waals surface area contributed by atoms with Crippen LogP contribution in [0.1, 0.15) is 19.4 Å². The van der Waals surface area contributed by atoms with Gasteiger partial charge in [-0.15, -0.1) is 0 Å². The molecular formula is C26H25N5O. The SMILES string of the molecule is CCn1c(=O)n(CC)c2cc(-c3cnn(-c4ccncc4)c3-c3cccc(C)c3)ccc21. The predicted molar refractivity (Wildman–Crippen MR) is 128 cm³/mol. The highest BCUT2D eigenvalue weighted by Gasteiger charge is 2.18. The molecule has 3 aromatic heterocycles. The van der Waals surface area contributed by atoms with Gasteiger partial charge in [-0.25, -0.2) is 9.48 Å². The summed E-state index contributed by atoms with van der Waals surface area (Å²) >= 11 is 0. The van der Waals surface area contributed by atoms with Crippen molar-refractivity contribution in [2.24, 2.45) is 0 Å². The molecule has 0 aliphatic heterocycles. The summed E-state index contributed by atoms with van der Waals surface area (Å²) in [5, 5.41) is 4.75. The number of hydrogen-bond donors (Lipinski definition) is 0. The summed E-state index contributed by atoms with van der Waals surface area (Å²) in [5.74, 6) is 0. The van der Waals surface area contributed by atoms with Crippen LogP contribution in [0, 0.1) is 6.92 Å². The first-order valence-electron chi connectivity index (χ1n) is 10.9. The molecule has 160 valence electrons. The van der Waals surface area contributed by atoms with Gasteiger partial charge in [-0.3, -0.25) is 14.1 Å². The number of pyridine rings is 1. The van der Waals surface area contributed by atoms with Gasteiger partial charge in [-0.1, -0.05) is 29.8 Å². The maximum absolute atomic E-state index is 12.8. The van der Waals surface area contributed by atoms with Crippen LogP contribution in [0.5, 0.6) is 0 Å². The van der Waals surface area contributed by atoms with Crippen molar-refractivity contribution in [2.45, 2.75) is 33.9 Å². The van der Waals surface area contributed by atoms with E-state index in [9.17, 15) is 4.79 Å². The highest BCUT2D eigenvalue weighted by atomic mass is 16.1.